The molecule has 2 N–H and O–H groups in total. The van der Waals surface area contributed by atoms with Crippen molar-refractivity contribution in [3.63, 3.8) is 0 Å². The van der Waals surface area contributed by atoms with Crippen LogP contribution in [0.15, 0.2) is 18.2 Å². The number of carbonyl (C=O) groups is 2. The second kappa shape index (κ2) is 5.63. The van der Waals surface area contributed by atoms with E-state index in [0.29, 0.717) is 43.2 Å². The van der Waals surface area contributed by atoms with Crippen molar-refractivity contribution < 1.29 is 24.2 Å². The third-order valence-electron chi connectivity index (χ3n) is 3.98. The molecule has 1 aliphatic heterocycles. The number of amides is 1. The number of carboxylic acids is 1. The van der Waals surface area contributed by atoms with Gasteiger partial charge in [-0.1, -0.05) is 6.42 Å². The molecule has 6 nitrogen and oxygen atoms in total. The molecule has 2 atom stereocenters. The highest BCUT2D eigenvalue weighted by atomic mass is 16.6. The predicted octanol–water partition coefficient (Wildman–Crippen LogP) is 1.90. The van der Waals surface area contributed by atoms with Crippen LogP contribution in [-0.2, 0) is 9.59 Å². The second-order valence-electron chi connectivity index (χ2n) is 5.33. The molecule has 0 spiro atoms. The molecule has 1 aromatic carbocycles. The van der Waals surface area contributed by atoms with E-state index in [1.54, 1.807) is 18.2 Å². The third-order valence-corrected chi connectivity index (χ3v) is 3.98. The lowest BCUT2D eigenvalue weighted by Gasteiger charge is -2.20. The molecular weight excluding hydrogens is 274 g/mol. The first-order valence-corrected chi connectivity index (χ1v) is 7.08. The van der Waals surface area contributed by atoms with Crippen LogP contribution >= 0.6 is 0 Å². The maximum Gasteiger partial charge on any atom is 0.307 e. The summed E-state index contributed by atoms with van der Waals surface area (Å²) in [5.74, 6) is -0.923. The fourth-order valence-electron chi connectivity index (χ4n) is 2.93. The number of hydrogen-bond donors (Lipinski definition) is 2. The fraction of sp³-hybridized carbons (Fsp3) is 0.467. The molecule has 0 aromatic heterocycles. The molecule has 0 radical (unpaired) electrons. The number of fused-ring (bicyclic) bond motifs is 1. The number of anilines is 1. The fourth-order valence-corrected chi connectivity index (χ4v) is 2.93. The highest BCUT2D eigenvalue weighted by Crippen LogP contribution is 2.35. The van der Waals surface area contributed by atoms with Gasteiger partial charge in [-0.2, -0.15) is 0 Å². The minimum absolute atomic E-state index is 0.239. The van der Waals surface area contributed by atoms with Gasteiger partial charge in [-0.25, -0.2) is 0 Å². The number of rotatable bonds is 3. The summed E-state index contributed by atoms with van der Waals surface area (Å²) in [4.78, 5) is 23.4. The first-order valence-electron chi connectivity index (χ1n) is 7.08. The zero-order valence-electron chi connectivity index (χ0n) is 11.5. The Morgan fingerprint density at radius 1 is 1.10 bits per heavy atom. The Morgan fingerprint density at radius 3 is 2.57 bits per heavy atom. The lowest BCUT2D eigenvalue weighted by molar-refractivity contribution is -0.145. The molecule has 112 valence electrons. The van der Waals surface area contributed by atoms with Crippen molar-refractivity contribution in [2.45, 2.75) is 19.3 Å². The van der Waals surface area contributed by atoms with Crippen LogP contribution < -0.4 is 14.8 Å². The first kappa shape index (κ1) is 13.7. The van der Waals surface area contributed by atoms with Crippen LogP contribution in [0.4, 0.5) is 5.69 Å². The summed E-state index contributed by atoms with van der Waals surface area (Å²) in [5, 5.41) is 11.9. The number of ether oxygens (including phenoxy) is 2. The van der Waals surface area contributed by atoms with Gasteiger partial charge in [0.25, 0.3) is 0 Å². The monoisotopic (exact) mass is 291 g/mol. The van der Waals surface area contributed by atoms with Gasteiger partial charge in [0, 0.05) is 11.8 Å². The molecule has 2 aliphatic rings. The Balaban J connectivity index is 1.71. The molecule has 0 bridgehead atoms. The minimum atomic E-state index is -0.894. The number of carbonyl (C=O) groups excluding carboxylic acids is 1. The Kier molecular flexibility index (Phi) is 3.68. The van der Waals surface area contributed by atoms with Gasteiger partial charge in [0.1, 0.15) is 13.2 Å². The molecule has 1 aromatic rings. The van der Waals surface area contributed by atoms with Crippen molar-refractivity contribution in [2.75, 3.05) is 18.5 Å². The van der Waals surface area contributed by atoms with Gasteiger partial charge in [-0.15, -0.1) is 0 Å². The van der Waals surface area contributed by atoms with Crippen LogP contribution in [0.5, 0.6) is 11.5 Å². The van der Waals surface area contributed by atoms with E-state index >= 15 is 0 Å². The van der Waals surface area contributed by atoms with Gasteiger partial charge in [0.15, 0.2) is 11.5 Å². The number of benzene rings is 1. The van der Waals surface area contributed by atoms with Gasteiger partial charge in [0.05, 0.1) is 11.8 Å². The molecule has 3 rings (SSSR count). The molecule has 1 amide bonds. The van der Waals surface area contributed by atoms with E-state index in [9.17, 15) is 9.59 Å². The summed E-state index contributed by atoms with van der Waals surface area (Å²) in [7, 11) is 0. The molecule has 21 heavy (non-hydrogen) atoms. The highest BCUT2D eigenvalue weighted by molar-refractivity contribution is 5.95. The van der Waals surface area contributed by atoms with Crippen LogP contribution in [-0.4, -0.2) is 30.2 Å². The topological polar surface area (TPSA) is 84.9 Å². The molecule has 1 fully saturated rings. The normalized spacial score (nSPS) is 23.6. The van der Waals surface area contributed by atoms with Gasteiger partial charge < -0.3 is 19.9 Å². The van der Waals surface area contributed by atoms with Crippen LogP contribution in [0.2, 0.25) is 0 Å². The van der Waals surface area contributed by atoms with Crippen LogP contribution in [0.25, 0.3) is 0 Å². The van der Waals surface area contributed by atoms with Crippen LogP contribution in [0.1, 0.15) is 19.3 Å². The van der Waals surface area contributed by atoms with E-state index < -0.39 is 17.8 Å². The van der Waals surface area contributed by atoms with E-state index in [1.807, 2.05) is 0 Å². The van der Waals surface area contributed by atoms with Gasteiger partial charge in [0.2, 0.25) is 5.91 Å². The van der Waals surface area contributed by atoms with Gasteiger partial charge >= 0.3 is 5.97 Å². The number of aliphatic carboxylic acids is 1. The Labute approximate surface area is 122 Å². The van der Waals surface area contributed by atoms with Crippen molar-refractivity contribution in [3.05, 3.63) is 18.2 Å². The lowest BCUT2D eigenvalue weighted by Crippen LogP contribution is -2.30. The summed E-state index contributed by atoms with van der Waals surface area (Å²) in [6.45, 7) is 0.995. The Hall–Kier alpha value is -2.24. The molecular formula is C15H17NO5. The van der Waals surface area contributed by atoms with Crippen LogP contribution in [0, 0.1) is 11.8 Å². The van der Waals surface area contributed by atoms with E-state index in [-0.39, 0.29) is 5.91 Å². The van der Waals surface area contributed by atoms with Crippen molar-refractivity contribution >= 4 is 17.6 Å². The summed E-state index contributed by atoms with van der Waals surface area (Å²) >= 11 is 0. The molecule has 1 aliphatic carbocycles. The Morgan fingerprint density at radius 2 is 1.81 bits per heavy atom. The first-order chi connectivity index (χ1) is 10.1. The minimum Gasteiger partial charge on any atom is -0.486 e. The molecule has 1 saturated carbocycles. The van der Waals surface area contributed by atoms with Crippen molar-refractivity contribution in [1.82, 2.24) is 0 Å². The van der Waals surface area contributed by atoms with E-state index in [1.165, 1.54) is 0 Å². The zero-order valence-corrected chi connectivity index (χ0v) is 11.5. The third kappa shape index (κ3) is 2.79. The van der Waals surface area contributed by atoms with Crippen molar-refractivity contribution in [2.24, 2.45) is 11.8 Å². The van der Waals surface area contributed by atoms with E-state index in [4.69, 9.17) is 14.6 Å². The van der Waals surface area contributed by atoms with Crippen LogP contribution in [0.3, 0.4) is 0 Å². The summed E-state index contributed by atoms with van der Waals surface area (Å²) in [6, 6.07) is 5.18. The zero-order chi connectivity index (χ0) is 14.8. The molecule has 2 unspecified atom stereocenters. The highest BCUT2D eigenvalue weighted by Gasteiger charge is 2.37. The summed E-state index contributed by atoms with van der Waals surface area (Å²) in [6.07, 6.45) is 1.96. The second-order valence-corrected chi connectivity index (χ2v) is 5.33. The van der Waals surface area contributed by atoms with E-state index in [0.717, 1.165) is 6.42 Å². The molecule has 0 saturated heterocycles. The summed E-state index contributed by atoms with van der Waals surface area (Å²) < 4.78 is 10.9. The van der Waals surface area contributed by atoms with E-state index in [2.05, 4.69) is 5.32 Å². The molecule has 1 heterocycles. The number of nitrogens with one attached hydrogen (secondary N) is 1. The molecule has 6 heteroatoms. The Bertz CT molecular complexity index is 571. The standard InChI is InChI=1S/C15H17NO5/c17-14(10-2-1-3-11(10)15(18)19)16-9-4-5-12-13(8-9)21-7-6-20-12/h4-5,8,10-11H,1-3,6-7H2,(H,16,17)(H,18,19). The van der Waals surface area contributed by atoms with Gasteiger partial charge in [-0.05, 0) is 25.0 Å². The lowest BCUT2D eigenvalue weighted by atomic mass is 9.95. The predicted molar refractivity (Wildman–Crippen MR) is 74.5 cm³/mol. The quantitative estimate of drug-likeness (QED) is 0.888. The maximum atomic E-state index is 12.3. The number of hydrogen-bond acceptors (Lipinski definition) is 4. The smallest absolute Gasteiger partial charge is 0.307 e. The summed E-state index contributed by atoms with van der Waals surface area (Å²) in [5.41, 5.74) is 0.597. The average Bonchev–Trinajstić information content (AvgIpc) is 2.97. The van der Waals surface area contributed by atoms with Gasteiger partial charge in [-0.3, -0.25) is 9.59 Å². The largest absolute Gasteiger partial charge is 0.486 e. The average molecular weight is 291 g/mol. The van der Waals surface area contributed by atoms with Crippen molar-refractivity contribution in [3.8, 4) is 11.5 Å². The maximum absolute atomic E-state index is 12.3. The SMILES string of the molecule is O=C(O)C1CCCC1C(=O)Nc1ccc2c(c1)OCCO2. The number of carboxylic acid groups (broad SMARTS) is 1. The van der Waals surface area contributed by atoms with Crippen molar-refractivity contribution in [1.29, 1.82) is 0 Å².